The van der Waals surface area contributed by atoms with Gasteiger partial charge < -0.3 is 0 Å². The third kappa shape index (κ3) is 2.96. The van der Waals surface area contributed by atoms with E-state index in [1.807, 2.05) is 0 Å². The second-order valence-electron chi connectivity index (χ2n) is 5.75. The fourth-order valence-corrected chi connectivity index (χ4v) is 4.09. The Hall–Kier alpha value is -1.03. The minimum atomic E-state index is -4.27. The van der Waals surface area contributed by atoms with Crippen LogP contribution >= 0.6 is 15.9 Å². The van der Waals surface area contributed by atoms with Crippen LogP contribution in [-0.2, 0) is 6.18 Å². The molecule has 2 aliphatic carbocycles. The van der Waals surface area contributed by atoms with Crippen molar-refractivity contribution in [3.05, 3.63) is 52.0 Å². The number of benzene rings is 1. The molecule has 1 fully saturated rings. The summed E-state index contributed by atoms with van der Waals surface area (Å²) < 4.78 is 39.2. The number of halogens is 4. The van der Waals surface area contributed by atoms with Crippen LogP contribution in [0.1, 0.15) is 36.8 Å². The first-order valence-electron chi connectivity index (χ1n) is 7.22. The molecule has 0 bridgehead atoms. The molecule has 0 aromatic heterocycles. The van der Waals surface area contributed by atoms with Gasteiger partial charge in [0, 0.05) is 0 Å². The maximum absolute atomic E-state index is 12.7. The molecular formula is C17H16BrF3. The van der Waals surface area contributed by atoms with E-state index in [4.69, 9.17) is 0 Å². The molecule has 1 unspecified atom stereocenters. The number of fused-ring (bicyclic) bond motifs is 1. The average molecular weight is 357 g/mol. The first-order chi connectivity index (χ1) is 9.97. The minimum Gasteiger partial charge on any atom is -0.166 e. The van der Waals surface area contributed by atoms with Crippen molar-refractivity contribution in [1.29, 1.82) is 0 Å². The summed E-state index contributed by atoms with van der Waals surface area (Å²) in [6.07, 6.45) is 4.53. The van der Waals surface area contributed by atoms with Crippen LogP contribution in [0.3, 0.4) is 0 Å². The van der Waals surface area contributed by atoms with E-state index >= 15 is 0 Å². The zero-order valence-electron chi connectivity index (χ0n) is 11.5. The molecular weight excluding hydrogens is 341 g/mol. The minimum absolute atomic E-state index is 0.426. The fourth-order valence-electron chi connectivity index (χ4n) is 3.41. The van der Waals surface area contributed by atoms with Crippen LogP contribution in [0.2, 0.25) is 0 Å². The Balaban J connectivity index is 1.92. The molecule has 0 amide bonds. The standard InChI is InChI=1S/C17H16BrF3/c18-16-10-9-13(14-3-1-2-4-15(14)16)11-5-7-12(8-6-11)17(19,20)21/h5-10,14-15H,1-4H2/t14-,15?/m1/s1. The molecule has 0 aliphatic heterocycles. The smallest absolute Gasteiger partial charge is 0.166 e. The first kappa shape index (κ1) is 14.9. The summed E-state index contributed by atoms with van der Waals surface area (Å²) in [6, 6.07) is 5.57. The van der Waals surface area contributed by atoms with Crippen LogP contribution < -0.4 is 0 Å². The summed E-state index contributed by atoms with van der Waals surface area (Å²) >= 11 is 3.64. The van der Waals surface area contributed by atoms with E-state index in [0.29, 0.717) is 11.8 Å². The van der Waals surface area contributed by atoms with E-state index in [0.717, 1.165) is 18.4 Å². The molecule has 0 spiro atoms. The topological polar surface area (TPSA) is 0 Å². The van der Waals surface area contributed by atoms with Gasteiger partial charge in [0.2, 0.25) is 0 Å². The highest BCUT2D eigenvalue weighted by Crippen LogP contribution is 2.47. The lowest BCUT2D eigenvalue weighted by atomic mass is 9.71. The summed E-state index contributed by atoms with van der Waals surface area (Å²) in [6.45, 7) is 0. The first-order valence-corrected chi connectivity index (χ1v) is 8.01. The molecule has 112 valence electrons. The molecule has 1 saturated carbocycles. The van der Waals surface area contributed by atoms with Gasteiger partial charge in [0.25, 0.3) is 0 Å². The predicted octanol–water partition coefficient (Wildman–Crippen LogP) is 6.19. The highest BCUT2D eigenvalue weighted by atomic mass is 79.9. The van der Waals surface area contributed by atoms with E-state index in [9.17, 15) is 13.2 Å². The van der Waals surface area contributed by atoms with E-state index in [1.165, 1.54) is 35.0 Å². The third-order valence-corrected chi connectivity index (χ3v) is 5.34. The van der Waals surface area contributed by atoms with Crippen molar-refractivity contribution in [1.82, 2.24) is 0 Å². The van der Waals surface area contributed by atoms with Crippen molar-refractivity contribution in [2.24, 2.45) is 11.8 Å². The number of allylic oxidation sites excluding steroid dienone is 4. The Bertz CT molecular complexity index is 581. The zero-order chi connectivity index (χ0) is 15.0. The molecule has 2 atom stereocenters. The normalized spacial score (nSPS) is 25.9. The van der Waals surface area contributed by atoms with Gasteiger partial charge in [-0.3, -0.25) is 0 Å². The summed E-state index contributed by atoms with van der Waals surface area (Å²) in [5.74, 6) is 0.913. The van der Waals surface area contributed by atoms with Crippen molar-refractivity contribution in [2.45, 2.75) is 31.9 Å². The Kier molecular flexibility index (Phi) is 4.00. The largest absolute Gasteiger partial charge is 0.416 e. The van der Waals surface area contributed by atoms with E-state index in [1.54, 1.807) is 12.1 Å². The Morgan fingerprint density at radius 3 is 2.14 bits per heavy atom. The van der Waals surface area contributed by atoms with Crippen LogP contribution in [-0.4, -0.2) is 0 Å². The molecule has 2 aliphatic rings. The monoisotopic (exact) mass is 356 g/mol. The van der Waals surface area contributed by atoms with Gasteiger partial charge >= 0.3 is 6.18 Å². The Morgan fingerprint density at radius 2 is 1.52 bits per heavy atom. The van der Waals surface area contributed by atoms with Gasteiger partial charge in [-0.1, -0.05) is 53.1 Å². The van der Waals surface area contributed by atoms with Gasteiger partial charge in [0.15, 0.2) is 0 Å². The zero-order valence-corrected chi connectivity index (χ0v) is 13.0. The Morgan fingerprint density at radius 1 is 0.905 bits per heavy atom. The van der Waals surface area contributed by atoms with Crippen molar-refractivity contribution >= 4 is 21.5 Å². The summed E-state index contributed by atoms with van der Waals surface area (Å²) in [5, 5.41) is 0. The van der Waals surface area contributed by atoms with Crippen LogP contribution in [0.5, 0.6) is 0 Å². The van der Waals surface area contributed by atoms with Crippen molar-refractivity contribution in [3.8, 4) is 0 Å². The second kappa shape index (κ2) is 5.64. The molecule has 0 N–H and O–H groups in total. The molecule has 0 radical (unpaired) electrons. The third-order valence-electron chi connectivity index (χ3n) is 4.49. The fraction of sp³-hybridized carbons (Fsp3) is 0.412. The van der Waals surface area contributed by atoms with E-state index < -0.39 is 11.7 Å². The Labute approximate surface area is 130 Å². The van der Waals surface area contributed by atoms with Crippen LogP contribution in [0.4, 0.5) is 13.2 Å². The molecule has 1 aromatic rings. The average Bonchev–Trinajstić information content (AvgIpc) is 2.47. The van der Waals surface area contributed by atoms with Crippen LogP contribution in [0.15, 0.2) is 40.9 Å². The summed E-state index contributed by atoms with van der Waals surface area (Å²) in [4.78, 5) is 0. The maximum atomic E-state index is 12.7. The summed E-state index contributed by atoms with van der Waals surface area (Å²) in [7, 11) is 0. The molecule has 0 nitrogen and oxygen atoms in total. The van der Waals surface area contributed by atoms with Gasteiger partial charge in [-0.25, -0.2) is 0 Å². The lowest BCUT2D eigenvalue weighted by Crippen LogP contribution is -2.23. The lowest BCUT2D eigenvalue weighted by Gasteiger charge is -2.36. The van der Waals surface area contributed by atoms with Gasteiger partial charge in [-0.15, -0.1) is 0 Å². The van der Waals surface area contributed by atoms with Gasteiger partial charge in [-0.05, 0) is 52.4 Å². The van der Waals surface area contributed by atoms with E-state index in [2.05, 4.69) is 28.1 Å². The molecule has 4 heteroatoms. The maximum Gasteiger partial charge on any atom is 0.416 e. The molecule has 1 aromatic carbocycles. The number of hydrogen-bond acceptors (Lipinski definition) is 0. The van der Waals surface area contributed by atoms with Gasteiger partial charge in [0.05, 0.1) is 5.56 Å². The van der Waals surface area contributed by atoms with Crippen molar-refractivity contribution in [2.75, 3.05) is 0 Å². The second-order valence-corrected chi connectivity index (χ2v) is 6.66. The number of rotatable bonds is 1. The number of hydrogen-bond donors (Lipinski definition) is 0. The molecule has 0 heterocycles. The molecule has 3 rings (SSSR count). The SMILES string of the molecule is FC(F)(F)c1ccc(C2=CC=C(Br)C3CCCC[C@H]23)cc1. The van der Waals surface area contributed by atoms with Crippen molar-refractivity contribution < 1.29 is 13.2 Å². The summed E-state index contributed by atoms with van der Waals surface area (Å²) in [5.41, 5.74) is 1.51. The molecule has 21 heavy (non-hydrogen) atoms. The quantitative estimate of drug-likeness (QED) is 0.562. The molecule has 0 saturated heterocycles. The van der Waals surface area contributed by atoms with E-state index in [-0.39, 0.29) is 0 Å². The van der Waals surface area contributed by atoms with Crippen LogP contribution in [0, 0.1) is 11.8 Å². The lowest BCUT2D eigenvalue weighted by molar-refractivity contribution is -0.137. The van der Waals surface area contributed by atoms with Gasteiger partial charge in [0.1, 0.15) is 0 Å². The van der Waals surface area contributed by atoms with Crippen LogP contribution in [0.25, 0.3) is 5.57 Å². The predicted molar refractivity (Wildman–Crippen MR) is 81.9 cm³/mol. The van der Waals surface area contributed by atoms with Gasteiger partial charge in [-0.2, -0.15) is 13.2 Å². The highest BCUT2D eigenvalue weighted by Gasteiger charge is 2.33. The number of alkyl halides is 3. The highest BCUT2D eigenvalue weighted by molar-refractivity contribution is 9.11. The van der Waals surface area contributed by atoms with Crippen molar-refractivity contribution in [3.63, 3.8) is 0 Å².